The summed E-state index contributed by atoms with van der Waals surface area (Å²) >= 11 is 0. The highest BCUT2D eigenvalue weighted by molar-refractivity contribution is 5.90. The molecular formula is C24H33N3O6. The van der Waals surface area contributed by atoms with Crippen LogP contribution in [0.25, 0.3) is 11.0 Å². The van der Waals surface area contributed by atoms with Crippen LogP contribution in [0.15, 0.2) is 27.4 Å². The van der Waals surface area contributed by atoms with E-state index in [4.69, 9.17) is 9.15 Å². The zero-order chi connectivity index (χ0) is 24.7. The molecule has 0 saturated heterocycles. The van der Waals surface area contributed by atoms with Gasteiger partial charge in [0.1, 0.15) is 17.4 Å². The molecule has 180 valence electrons. The van der Waals surface area contributed by atoms with Crippen molar-refractivity contribution >= 4 is 28.7 Å². The van der Waals surface area contributed by atoms with Gasteiger partial charge in [-0.3, -0.25) is 14.4 Å². The van der Waals surface area contributed by atoms with Crippen LogP contribution >= 0.6 is 0 Å². The van der Waals surface area contributed by atoms with E-state index in [0.29, 0.717) is 23.3 Å². The van der Waals surface area contributed by atoms with Gasteiger partial charge in [-0.15, -0.1) is 0 Å². The van der Waals surface area contributed by atoms with E-state index in [1.54, 1.807) is 19.1 Å². The van der Waals surface area contributed by atoms with Gasteiger partial charge in [0.25, 0.3) is 5.91 Å². The van der Waals surface area contributed by atoms with Crippen LogP contribution in [0.4, 0.5) is 0 Å². The third-order valence-corrected chi connectivity index (χ3v) is 5.37. The Kier molecular flexibility index (Phi) is 9.02. The maximum absolute atomic E-state index is 12.4. The van der Waals surface area contributed by atoms with Crippen molar-refractivity contribution in [2.45, 2.75) is 60.0 Å². The number of hydrogen-bond acceptors (Lipinski definition) is 6. The minimum absolute atomic E-state index is 0.0479. The van der Waals surface area contributed by atoms with Crippen LogP contribution in [-0.2, 0) is 14.4 Å². The van der Waals surface area contributed by atoms with Crippen LogP contribution in [-0.4, -0.2) is 43.0 Å². The molecule has 0 bridgehead atoms. The zero-order valence-corrected chi connectivity index (χ0v) is 20.0. The minimum atomic E-state index is -0.684. The first kappa shape index (κ1) is 25.9. The lowest BCUT2D eigenvalue weighted by atomic mass is 9.98. The first-order valence-corrected chi connectivity index (χ1v) is 11.1. The van der Waals surface area contributed by atoms with Gasteiger partial charge < -0.3 is 25.1 Å². The van der Waals surface area contributed by atoms with Crippen molar-refractivity contribution in [2.24, 2.45) is 5.92 Å². The van der Waals surface area contributed by atoms with E-state index in [1.165, 1.54) is 6.07 Å². The molecule has 0 aliphatic carbocycles. The predicted molar refractivity (Wildman–Crippen MR) is 125 cm³/mol. The van der Waals surface area contributed by atoms with Crippen molar-refractivity contribution in [1.82, 2.24) is 16.0 Å². The number of amides is 3. The summed E-state index contributed by atoms with van der Waals surface area (Å²) in [6.45, 7) is 10.5. The van der Waals surface area contributed by atoms with Crippen molar-refractivity contribution in [1.29, 1.82) is 0 Å². The SMILES string of the molecule is CC[C@H](C)[C@@H](NC(=O)CNC(=O)COc1ccc2c(C)cc(=O)oc2c1C)C(=O)NC(C)C. The molecule has 3 amide bonds. The number of carbonyl (C=O) groups is 3. The van der Waals surface area contributed by atoms with Crippen LogP contribution in [0.3, 0.4) is 0 Å². The number of hydrogen-bond donors (Lipinski definition) is 3. The van der Waals surface area contributed by atoms with E-state index in [2.05, 4.69) is 16.0 Å². The molecule has 9 heteroatoms. The average molecular weight is 460 g/mol. The molecule has 0 aliphatic heterocycles. The van der Waals surface area contributed by atoms with Gasteiger partial charge >= 0.3 is 5.63 Å². The third-order valence-electron chi connectivity index (χ3n) is 5.37. The van der Waals surface area contributed by atoms with E-state index < -0.39 is 23.5 Å². The summed E-state index contributed by atoms with van der Waals surface area (Å²) in [7, 11) is 0. The largest absolute Gasteiger partial charge is 0.483 e. The number of aryl methyl sites for hydroxylation is 2. The third kappa shape index (κ3) is 7.06. The standard InChI is InChI=1S/C24H33N3O6/c1-7-14(4)22(24(31)26-13(2)3)27-19(28)11-25-20(29)12-32-18-9-8-17-15(5)10-21(30)33-23(17)16(18)6/h8-10,13-14,22H,7,11-12H2,1-6H3,(H,25,29)(H,26,31)(H,27,28)/t14-,22+/m0/s1. The Hall–Kier alpha value is -3.36. The number of fused-ring (bicyclic) bond motifs is 1. The van der Waals surface area contributed by atoms with Crippen LogP contribution < -0.4 is 26.3 Å². The second-order valence-corrected chi connectivity index (χ2v) is 8.47. The van der Waals surface area contributed by atoms with E-state index >= 15 is 0 Å². The van der Waals surface area contributed by atoms with Crippen LogP contribution in [0, 0.1) is 19.8 Å². The highest BCUT2D eigenvalue weighted by atomic mass is 16.5. The fourth-order valence-corrected chi connectivity index (χ4v) is 3.33. The number of benzene rings is 1. The first-order chi connectivity index (χ1) is 15.5. The van der Waals surface area contributed by atoms with E-state index in [0.717, 1.165) is 10.9 Å². The fourth-order valence-electron chi connectivity index (χ4n) is 3.33. The molecule has 1 heterocycles. The summed E-state index contributed by atoms with van der Waals surface area (Å²) in [6.07, 6.45) is 0.710. The van der Waals surface area contributed by atoms with Crippen molar-refractivity contribution < 1.29 is 23.5 Å². The van der Waals surface area contributed by atoms with Gasteiger partial charge in [0, 0.05) is 23.1 Å². The summed E-state index contributed by atoms with van der Waals surface area (Å²) in [4.78, 5) is 48.6. The topological polar surface area (TPSA) is 127 Å². The smallest absolute Gasteiger partial charge is 0.336 e. The Balaban J connectivity index is 1.93. The minimum Gasteiger partial charge on any atom is -0.483 e. The van der Waals surface area contributed by atoms with Crippen molar-refractivity contribution in [3.63, 3.8) is 0 Å². The van der Waals surface area contributed by atoms with Crippen LogP contribution in [0.1, 0.15) is 45.2 Å². The maximum atomic E-state index is 12.4. The molecular weight excluding hydrogens is 426 g/mol. The molecule has 2 atom stereocenters. The Morgan fingerprint density at radius 2 is 1.76 bits per heavy atom. The summed E-state index contributed by atoms with van der Waals surface area (Å²) < 4.78 is 10.9. The lowest BCUT2D eigenvalue weighted by molar-refractivity contribution is -0.131. The quantitative estimate of drug-likeness (QED) is 0.466. The number of carbonyl (C=O) groups excluding carboxylic acids is 3. The van der Waals surface area contributed by atoms with Gasteiger partial charge in [0.2, 0.25) is 11.8 Å². The molecule has 1 aromatic carbocycles. The molecule has 0 radical (unpaired) electrons. The highest BCUT2D eigenvalue weighted by Crippen LogP contribution is 2.28. The molecule has 0 aliphatic rings. The molecule has 3 N–H and O–H groups in total. The number of rotatable bonds is 10. The Morgan fingerprint density at radius 3 is 2.39 bits per heavy atom. The Labute approximate surface area is 193 Å². The number of nitrogens with one attached hydrogen (secondary N) is 3. The molecule has 0 unspecified atom stereocenters. The zero-order valence-electron chi connectivity index (χ0n) is 20.0. The first-order valence-electron chi connectivity index (χ1n) is 11.1. The molecule has 0 fully saturated rings. The summed E-state index contributed by atoms with van der Waals surface area (Å²) in [5.74, 6) is -0.880. The molecule has 0 spiro atoms. The van der Waals surface area contributed by atoms with Crippen molar-refractivity contribution in [3.05, 3.63) is 39.7 Å². The fraction of sp³-hybridized carbons (Fsp3) is 0.500. The summed E-state index contributed by atoms with van der Waals surface area (Å²) in [5, 5.41) is 8.77. The Bertz CT molecular complexity index is 1080. The van der Waals surface area contributed by atoms with Gasteiger partial charge in [-0.1, -0.05) is 20.3 Å². The van der Waals surface area contributed by atoms with Crippen LogP contribution in [0.2, 0.25) is 0 Å². The van der Waals surface area contributed by atoms with E-state index in [-0.39, 0.29) is 31.0 Å². The molecule has 2 rings (SSSR count). The van der Waals surface area contributed by atoms with E-state index in [1.807, 2.05) is 34.6 Å². The monoisotopic (exact) mass is 459 g/mol. The maximum Gasteiger partial charge on any atom is 0.336 e. The van der Waals surface area contributed by atoms with Gasteiger partial charge in [-0.2, -0.15) is 0 Å². The van der Waals surface area contributed by atoms with Crippen LogP contribution in [0.5, 0.6) is 5.75 Å². The average Bonchev–Trinajstić information content (AvgIpc) is 2.74. The Morgan fingerprint density at radius 1 is 1.06 bits per heavy atom. The van der Waals surface area contributed by atoms with Crippen molar-refractivity contribution in [3.8, 4) is 5.75 Å². The molecule has 1 aromatic heterocycles. The predicted octanol–water partition coefficient (Wildman–Crippen LogP) is 1.96. The molecule has 0 saturated carbocycles. The van der Waals surface area contributed by atoms with Crippen molar-refractivity contribution in [2.75, 3.05) is 13.2 Å². The lowest BCUT2D eigenvalue weighted by Gasteiger charge is -2.24. The lowest BCUT2D eigenvalue weighted by Crippen LogP contribution is -2.53. The second-order valence-electron chi connectivity index (χ2n) is 8.47. The van der Waals surface area contributed by atoms with Gasteiger partial charge in [-0.25, -0.2) is 4.79 Å². The summed E-state index contributed by atoms with van der Waals surface area (Å²) in [5.41, 5.74) is 1.35. The normalized spacial score (nSPS) is 12.8. The molecule has 2 aromatic rings. The van der Waals surface area contributed by atoms with Gasteiger partial charge in [-0.05, 0) is 51.3 Å². The second kappa shape index (κ2) is 11.5. The summed E-state index contributed by atoms with van der Waals surface area (Å²) in [6, 6.07) is 4.15. The number of ether oxygens (including phenoxy) is 1. The van der Waals surface area contributed by atoms with Gasteiger partial charge in [0.15, 0.2) is 6.61 Å². The van der Waals surface area contributed by atoms with Gasteiger partial charge in [0.05, 0.1) is 6.54 Å². The van der Waals surface area contributed by atoms with E-state index in [9.17, 15) is 19.2 Å². The molecule has 9 nitrogen and oxygen atoms in total. The highest BCUT2D eigenvalue weighted by Gasteiger charge is 2.26. The molecule has 33 heavy (non-hydrogen) atoms.